The highest BCUT2D eigenvalue weighted by Gasteiger charge is 2.53. The number of aromatic hydroxyl groups is 1. The highest BCUT2D eigenvalue weighted by molar-refractivity contribution is 5.90. The summed E-state index contributed by atoms with van der Waals surface area (Å²) in [5.74, 6) is 0.859. The molecule has 4 heterocycles. The summed E-state index contributed by atoms with van der Waals surface area (Å²) >= 11 is 0. The highest BCUT2D eigenvalue weighted by Crippen LogP contribution is 2.56. The summed E-state index contributed by atoms with van der Waals surface area (Å²) in [6.45, 7) is 8.37. The Hall–Kier alpha value is -2.91. The van der Waals surface area contributed by atoms with Gasteiger partial charge >= 0.3 is 0 Å². The van der Waals surface area contributed by atoms with Crippen molar-refractivity contribution in [3.05, 3.63) is 45.9 Å². The summed E-state index contributed by atoms with van der Waals surface area (Å²) < 4.78 is 12.8. The van der Waals surface area contributed by atoms with Crippen LogP contribution in [0.2, 0.25) is 0 Å². The van der Waals surface area contributed by atoms with Gasteiger partial charge in [0.25, 0.3) is 5.56 Å². The zero-order valence-corrected chi connectivity index (χ0v) is 19.9. The number of phenolic OH excluding ortho intramolecular Hbond substituents is 1. The van der Waals surface area contributed by atoms with Crippen molar-refractivity contribution in [1.29, 1.82) is 0 Å². The maximum atomic E-state index is 12.5. The van der Waals surface area contributed by atoms with Crippen molar-refractivity contribution >= 4 is 11.9 Å². The van der Waals surface area contributed by atoms with Crippen LogP contribution in [-0.4, -0.2) is 57.7 Å². The number of phenols is 1. The molecule has 3 N–H and O–H groups in total. The summed E-state index contributed by atoms with van der Waals surface area (Å²) in [4.78, 5) is 32.9. The van der Waals surface area contributed by atoms with Crippen molar-refractivity contribution in [2.75, 3.05) is 31.6 Å². The number of nitrogens with one attached hydrogen (secondary N) is 2. The lowest BCUT2D eigenvalue weighted by Crippen LogP contribution is -2.54. The van der Waals surface area contributed by atoms with Gasteiger partial charge in [-0.2, -0.15) is 0 Å². The number of aromatic amines is 1. The normalized spacial score (nSPS) is 25.1. The van der Waals surface area contributed by atoms with Crippen molar-refractivity contribution in [1.82, 2.24) is 14.9 Å². The number of piperidine rings is 1. The second kappa shape index (κ2) is 8.39. The molecule has 0 saturated carbocycles. The van der Waals surface area contributed by atoms with Crippen LogP contribution in [0.15, 0.2) is 29.1 Å². The zero-order valence-electron chi connectivity index (χ0n) is 19.9. The quantitative estimate of drug-likeness (QED) is 0.634. The topological polar surface area (TPSA) is 117 Å². The number of hydrogen-bond acceptors (Lipinski definition) is 7. The molecule has 9 nitrogen and oxygen atoms in total. The molecule has 1 spiro atoms. The molecule has 2 saturated heterocycles. The van der Waals surface area contributed by atoms with E-state index < -0.39 is 5.60 Å². The van der Waals surface area contributed by atoms with Gasteiger partial charge in [-0.25, -0.2) is 4.98 Å². The number of aryl methyl sites for hydroxylation is 1. The van der Waals surface area contributed by atoms with E-state index in [1.54, 1.807) is 13.0 Å². The molecule has 2 aromatic rings. The molecule has 0 radical (unpaired) electrons. The van der Waals surface area contributed by atoms with Crippen molar-refractivity contribution in [3.8, 4) is 11.5 Å². The minimum atomic E-state index is -0.460. The average Bonchev–Trinajstić information content (AvgIpc) is 2.76. The van der Waals surface area contributed by atoms with Gasteiger partial charge < -0.3 is 14.6 Å². The van der Waals surface area contributed by atoms with Crippen LogP contribution in [0.4, 0.5) is 5.95 Å². The Bertz CT molecular complexity index is 1150. The van der Waals surface area contributed by atoms with E-state index in [2.05, 4.69) is 34.0 Å². The summed E-state index contributed by atoms with van der Waals surface area (Å²) in [6, 6.07) is 6.86. The second-order valence-electron chi connectivity index (χ2n) is 10.5. The van der Waals surface area contributed by atoms with Gasteiger partial charge in [0.05, 0.1) is 19.3 Å². The van der Waals surface area contributed by atoms with Crippen molar-refractivity contribution in [2.45, 2.75) is 51.7 Å². The third-order valence-corrected chi connectivity index (χ3v) is 7.59. The number of likely N-dealkylation sites (tertiary alicyclic amines) is 1. The van der Waals surface area contributed by atoms with Crippen molar-refractivity contribution in [2.24, 2.45) is 11.3 Å². The summed E-state index contributed by atoms with van der Waals surface area (Å²) in [5.41, 5.74) is 0.786. The Balaban J connectivity index is 1.22. The molecule has 9 heteroatoms. The van der Waals surface area contributed by atoms with Crippen LogP contribution in [0.3, 0.4) is 0 Å². The van der Waals surface area contributed by atoms with Gasteiger partial charge in [-0.05, 0) is 64.6 Å². The number of H-pyrrole nitrogens is 1. The fraction of sp³-hybridized carbons (Fsp3) is 0.560. The number of rotatable bonds is 3. The molecule has 182 valence electrons. The molecule has 0 bridgehead atoms. The summed E-state index contributed by atoms with van der Waals surface area (Å²) in [6.07, 6.45) is 2.76. The molecule has 3 aliphatic rings. The molecule has 1 amide bonds. The van der Waals surface area contributed by atoms with Crippen LogP contribution < -0.4 is 15.6 Å². The van der Waals surface area contributed by atoms with E-state index in [-0.39, 0.29) is 47.1 Å². The zero-order chi connectivity index (χ0) is 24.1. The van der Waals surface area contributed by atoms with E-state index in [1.807, 2.05) is 12.1 Å². The van der Waals surface area contributed by atoms with Gasteiger partial charge in [0.1, 0.15) is 5.60 Å². The Morgan fingerprint density at radius 1 is 1.32 bits per heavy atom. The lowest BCUT2D eigenvalue weighted by Gasteiger charge is -2.54. The third kappa shape index (κ3) is 4.30. The number of amides is 1. The smallest absolute Gasteiger partial charge is 0.252 e. The van der Waals surface area contributed by atoms with Gasteiger partial charge in [-0.15, -0.1) is 0 Å². The first-order valence-corrected chi connectivity index (χ1v) is 11.9. The SMILES string of the molecule is Cc1cc(=O)[nH]c(NC(=O)CN2CCC3(CC2)CO[C@@H]2c4cccc(O)c4OC(C)(C)[C@H]2C3)n1. The van der Waals surface area contributed by atoms with E-state index >= 15 is 0 Å². The monoisotopic (exact) mass is 468 g/mol. The summed E-state index contributed by atoms with van der Waals surface area (Å²) in [7, 11) is 0. The van der Waals surface area contributed by atoms with E-state index in [0.29, 0.717) is 18.1 Å². The second-order valence-corrected chi connectivity index (χ2v) is 10.5. The number of ether oxygens (including phenoxy) is 2. The first kappa shape index (κ1) is 22.9. The maximum absolute atomic E-state index is 12.5. The van der Waals surface area contributed by atoms with Crippen LogP contribution in [0.25, 0.3) is 0 Å². The van der Waals surface area contributed by atoms with Crippen LogP contribution in [0, 0.1) is 18.3 Å². The van der Waals surface area contributed by atoms with Crippen molar-refractivity contribution in [3.63, 3.8) is 0 Å². The summed E-state index contributed by atoms with van der Waals surface area (Å²) in [5, 5.41) is 13.0. The number of hydrogen-bond donors (Lipinski definition) is 3. The Morgan fingerprint density at radius 3 is 2.82 bits per heavy atom. The minimum Gasteiger partial charge on any atom is -0.504 e. The Morgan fingerprint density at radius 2 is 2.09 bits per heavy atom. The molecule has 34 heavy (non-hydrogen) atoms. The van der Waals surface area contributed by atoms with Gasteiger partial charge in [0.15, 0.2) is 11.5 Å². The minimum absolute atomic E-state index is 0.0481. The van der Waals surface area contributed by atoms with Crippen LogP contribution in [0.5, 0.6) is 11.5 Å². The van der Waals surface area contributed by atoms with E-state index in [1.165, 1.54) is 6.07 Å². The Kier molecular flexibility index (Phi) is 5.64. The van der Waals surface area contributed by atoms with Gasteiger partial charge in [0, 0.05) is 23.2 Å². The Labute approximate surface area is 198 Å². The lowest BCUT2D eigenvalue weighted by atomic mass is 9.64. The molecule has 5 rings (SSSR count). The molecule has 2 atom stereocenters. The van der Waals surface area contributed by atoms with Crippen LogP contribution in [-0.2, 0) is 9.53 Å². The van der Waals surface area contributed by atoms with E-state index in [0.717, 1.165) is 37.9 Å². The number of aromatic nitrogens is 2. The number of carbonyl (C=O) groups is 1. The third-order valence-electron chi connectivity index (χ3n) is 7.59. The van der Waals surface area contributed by atoms with Crippen LogP contribution in [0.1, 0.15) is 50.5 Å². The molecule has 3 aliphatic heterocycles. The number of para-hydroxylation sites is 1. The van der Waals surface area contributed by atoms with Gasteiger partial charge in [-0.1, -0.05) is 12.1 Å². The predicted molar refractivity (Wildman–Crippen MR) is 126 cm³/mol. The number of anilines is 1. The van der Waals surface area contributed by atoms with E-state index in [9.17, 15) is 14.7 Å². The van der Waals surface area contributed by atoms with Gasteiger partial charge in [-0.3, -0.25) is 24.8 Å². The molecule has 0 aliphatic carbocycles. The lowest BCUT2D eigenvalue weighted by molar-refractivity contribution is -0.174. The first-order chi connectivity index (χ1) is 16.1. The number of nitrogens with zero attached hydrogens (tertiary/aromatic N) is 2. The molecule has 2 fully saturated rings. The maximum Gasteiger partial charge on any atom is 0.252 e. The number of carbonyl (C=O) groups excluding carboxylic acids is 1. The molecule has 0 unspecified atom stereocenters. The molecule has 1 aromatic carbocycles. The van der Waals surface area contributed by atoms with Crippen LogP contribution >= 0.6 is 0 Å². The number of fused-ring (bicyclic) bond motifs is 3. The van der Waals surface area contributed by atoms with E-state index in [4.69, 9.17) is 9.47 Å². The fourth-order valence-corrected chi connectivity index (χ4v) is 5.70. The predicted octanol–water partition coefficient (Wildman–Crippen LogP) is 2.75. The largest absolute Gasteiger partial charge is 0.504 e. The standard InChI is InChI=1S/C25H32N4O5/c1-15-11-19(31)27-23(26-15)28-20(32)13-29-9-7-25(8-10-29)12-17-21(33-14-25)16-5-4-6-18(30)22(16)34-24(17,2)3/h4-6,11,17,21,30H,7-10,12-14H2,1-3H3,(H2,26,27,28,31,32)/t17-,21+/m0/s1. The average molecular weight is 469 g/mol. The molecule has 1 aromatic heterocycles. The fourth-order valence-electron chi connectivity index (χ4n) is 5.70. The van der Waals surface area contributed by atoms with Crippen molar-refractivity contribution < 1.29 is 19.4 Å². The van der Waals surface area contributed by atoms with Gasteiger partial charge in [0.2, 0.25) is 11.9 Å². The molecular formula is C25H32N4O5. The number of benzene rings is 1. The first-order valence-electron chi connectivity index (χ1n) is 11.9. The highest BCUT2D eigenvalue weighted by atomic mass is 16.5. The molecular weight excluding hydrogens is 436 g/mol.